The summed E-state index contributed by atoms with van der Waals surface area (Å²) in [6, 6.07) is 0. The Morgan fingerprint density at radius 1 is 1.28 bits per heavy atom. The second-order valence-electron chi connectivity index (χ2n) is 8.86. The van der Waals surface area contributed by atoms with E-state index < -0.39 is 5.60 Å². The van der Waals surface area contributed by atoms with Crippen molar-refractivity contribution in [1.82, 2.24) is 25.3 Å². The van der Waals surface area contributed by atoms with Crippen LogP contribution in [0.1, 0.15) is 52.5 Å². The molecule has 9 nitrogen and oxygen atoms in total. The average molecular weight is 565 g/mol. The number of guanidine groups is 1. The molecule has 1 saturated heterocycles. The topological polar surface area (TPSA) is 93.0 Å². The predicted octanol–water partition coefficient (Wildman–Crippen LogP) is 3.17. The number of hydrogen-bond acceptors (Lipinski definition) is 5. The van der Waals surface area contributed by atoms with Crippen molar-refractivity contribution in [2.75, 3.05) is 39.3 Å². The number of carbonyl (C=O) groups excluding carboxylic acids is 1. The lowest BCUT2D eigenvalue weighted by molar-refractivity contribution is 0.0170. The van der Waals surface area contributed by atoms with Crippen molar-refractivity contribution in [1.29, 1.82) is 0 Å². The molecule has 2 N–H and O–H groups in total. The molecule has 0 saturated carbocycles. The van der Waals surface area contributed by atoms with Gasteiger partial charge < -0.3 is 25.0 Å². The molecule has 0 spiro atoms. The van der Waals surface area contributed by atoms with Crippen LogP contribution in [-0.2, 0) is 16.0 Å². The molecule has 32 heavy (non-hydrogen) atoms. The summed E-state index contributed by atoms with van der Waals surface area (Å²) in [4.78, 5) is 18.7. The number of aromatic nitrogens is 2. The summed E-state index contributed by atoms with van der Waals surface area (Å²) in [5.74, 6) is 0.964. The Bertz CT molecular complexity index is 696. The van der Waals surface area contributed by atoms with E-state index >= 15 is 0 Å². The standard InChI is InChI=1S/C22H40N6O3.HI/c1-6-23-20(24-11-14-28-17-18(2)16-26-28)27-12-8-19(9-13-27)30-15-7-10-25-21(29)31-22(3,4)5;/h16-17,19H,6-15H2,1-5H3,(H,23,24)(H,25,29);1H. The number of amides is 1. The van der Waals surface area contributed by atoms with Gasteiger partial charge in [-0.15, -0.1) is 24.0 Å². The van der Waals surface area contributed by atoms with Crippen LogP contribution in [-0.4, -0.2) is 77.8 Å². The van der Waals surface area contributed by atoms with E-state index in [0.717, 1.165) is 51.4 Å². The molecule has 2 rings (SSSR count). The van der Waals surface area contributed by atoms with Crippen LogP contribution in [0, 0.1) is 6.92 Å². The molecule has 1 aliphatic rings. The van der Waals surface area contributed by atoms with E-state index in [0.29, 0.717) is 19.7 Å². The maximum absolute atomic E-state index is 11.6. The highest BCUT2D eigenvalue weighted by atomic mass is 127. The Balaban J connectivity index is 0.00000512. The van der Waals surface area contributed by atoms with Crippen LogP contribution in [0.15, 0.2) is 17.4 Å². The SMILES string of the molecule is CCNC(=NCCn1cc(C)cn1)N1CCC(OCCCNC(=O)OC(C)(C)C)CC1.I. The second kappa shape index (κ2) is 14.6. The van der Waals surface area contributed by atoms with Crippen LogP contribution in [0.2, 0.25) is 0 Å². The van der Waals surface area contributed by atoms with Gasteiger partial charge in [0.05, 0.1) is 25.4 Å². The number of alkyl carbamates (subject to hydrolysis) is 1. The summed E-state index contributed by atoms with van der Waals surface area (Å²) < 4.78 is 13.2. The summed E-state index contributed by atoms with van der Waals surface area (Å²) in [6.07, 6.45) is 6.51. The number of aliphatic imine (C=N–C) groups is 1. The van der Waals surface area contributed by atoms with Crippen molar-refractivity contribution in [3.63, 3.8) is 0 Å². The number of nitrogens with zero attached hydrogens (tertiary/aromatic N) is 4. The summed E-state index contributed by atoms with van der Waals surface area (Å²) in [5.41, 5.74) is 0.695. The molecule has 184 valence electrons. The smallest absolute Gasteiger partial charge is 0.407 e. The molecule has 10 heteroatoms. The van der Waals surface area contributed by atoms with Gasteiger partial charge in [-0.05, 0) is 59.4 Å². The van der Waals surface area contributed by atoms with Gasteiger partial charge in [0.2, 0.25) is 0 Å². The molecule has 2 heterocycles. The lowest BCUT2D eigenvalue weighted by atomic mass is 10.1. The molecule has 1 fully saturated rings. The number of likely N-dealkylation sites (tertiary alicyclic amines) is 1. The van der Waals surface area contributed by atoms with Gasteiger partial charge in [0.1, 0.15) is 5.60 Å². The molecule has 1 aromatic rings. The Kier molecular flexibility index (Phi) is 13.0. The lowest BCUT2D eigenvalue weighted by Crippen LogP contribution is -2.47. The molecule has 1 amide bonds. The first-order valence-electron chi connectivity index (χ1n) is 11.4. The van der Waals surface area contributed by atoms with Crippen LogP contribution in [0.3, 0.4) is 0 Å². The number of halogens is 1. The molecule has 0 atom stereocenters. The first-order chi connectivity index (χ1) is 14.8. The highest BCUT2D eigenvalue weighted by Gasteiger charge is 2.22. The molecule has 0 unspecified atom stereocenters. The summed E-state index contributed by atoms with van der Waals surface area (Å²) in [6.45, 7) is 15.1. The van der Waals surface area contributed by atoms with Crippen LogP contribution in [0.5, 0.6) is 0 Å². The highest BCUT2D eigenvalue weighted by Crippen LogP contribution is 2.14. The number of nitrogens with one attached hydrogen (secondary N) is 2. The van der Waals surface area contributed by atoms with Crippen molar-refractivity contribution in [2.45, 2.75) is 72.1 Å². The first kappa shape index (κ1) is 28.5. The molecule has 1 aromatic heterocycles. The Labute approximate surface area is 209 Å². The molecule has 0 aromatic carbocycles. The van der Waals surface area contributed by atoms with E-state index in [1.165, 1.54) is 5.56 Å². The van der Waals surface area contributed by atoms with E-state index in [2.05, 4.69) is 27.6 Å². The monoisotopic (exact) mass is 564 g/mol. The molecular formula is C22H41IN6O3. The lowest BCUT2D eigenvalue weighted by Gasteiger charge is -2.34. The normalized spacial score (nSPS) is 15.3. The van der Waals surface area contributed by atoms with E-state index in [4.69, 9.17) is 14.5 Å². The van der Waals surface area contributed by atoms with Crippen LogP contribution < -0.4 is 10.6 Å². The zero-order valence-corrected chi connectivity index (χ0v) is 22.6. The molecule has 0 bridgehead atoms. The summed E-state index contributed by atoms with van der Waals surface area (Å²) in [5, 5.41) is 10.5. The Hall–Kier alpha value is -1.56. The van der Waals surface area contributed by atoms with Gasteiger partial charge in [-0.3, -0.25) is 9.67 Å². The number of aryl methyl sites for hydroxylation is 1. The Morgan fingerprint density at radius 2 is 2.00 bits per heavy atom. The predicted molar refractivity (Wildman–Crippen MR) is 138 cm³/mol. The van der Waals surface area contributed by atoms with Gasteiger partial charge >= 0.3 is 6.09 Å². The number of piperidine rings is 1. The zero-order valence-electron chi connectivity index (χ0n) is 20.2. The summed E-state index contributed by atoms with van der Waals surface area (Å²) in [7, 11) is 0. The van der Waals surface area contributed by atoms with Crippen LogP contribution in [0.25, 0.3) is 0 Å². The maximum atomic E-state index is 11.6. The number of ether oxygens (including phenoxy) is 2. The quantitative estimate of drug-likeness (QED) is 0.207. The summed E-state index contributed by atoms with van der Waals surface area (Å²) >= 11 is 0. The molecule has 1 aliphatic heterocycles. The van der Waals surface area contributed by atoms with Gasteiger partial charge in [0, 0.05) is 39.0 Å². The molecule has 0 radical (unpaired) electrons. The fourth-order valence-electron chi connectivity index (χ4n) is 3.33. The van der Waals surface area contributed by atoms with Crippen molar-refractivity contribution < 1.29 is 14.3 Å². The van der Waals surface area contributed by atoms with Gasteiger partial charge in [-0.1, -0.05) is 0 Å². The number of hydrogen-bond donors (Lipinski definition) is 2. The third-order valence-corrected chi connectivity index (χ3v) is 4.77. The minimum Gasteiger partial charge on any atom is -0.444 e. The van der Waals surface area contributed by atoms with Gasteiger partial charge in [-0.2, -0.15) is 5.10 Å². The van der Waals surface area contributed by atoms with Gasteiger partial charge in [0.15, 0.2) is 5.96 Å². The van der Waals surface area contributed by atoms with Crippen LogP contribution >= 0.6 is 24.0 Å². The van der Waals surface area contributed by atoms with Crippen molar-refractivity contribution >= 4 is 36.0 Å². The van der Waals surface area contributed by atoms with Crippen molar-refractivity contribution in [3.8, 4) is 0 Å². The minimum absolute atomic E-state index is 0. The van der Waals surface area contributed by atoms with Gasteiger partial charge in [0.25, 0.3) is 0 Å². The van der Waals surface area contributed by atoms with Crippen molar-refractivity contribution in [3.05, 3.63) is 18.0 Å². The highest BCUT2D eigenvalue weighted by molar-refractivity contribution is 14.0. The number of carbonyl (C=O) groups is 1. The van der Waals surface area contributed by atoms with E-state index in [1.807, 2.05) is 44.8 Å². The minimum atomic E-state index is -0.471. The fraction of sp³-hybridized carbons (Fsp3) is 0.773. The van der Waals surface area contributed by atoms with E-state index in [1.54, 1.807) is 0 Å². The molecule has 0 aliphatic carbocycles. The van der Waals surface area contributed by atoms with Crippen molar-refractivity contribution in [2.24, 2.45) is 4.99 Å². The average Bonchev–Trinajstić information content (AvgIpc) is 3.11. The number of rotatable bonds is 9. The third-order valence-electron chi connectivity index (χ3n) is 4.77. The zero-order chi connectivity index (χ0) is 22.7. The van der Waals surface area contributed by atoms with E-state index in [9.17, 15) is 4.79 Å². The largest absolute Gasteiger partial charge is 0.444 e. The van der Waals surface area contributed by atoms with E-state index in [-0.39, 0.29) is 36.2 Å². The van der Waals surface area contributed by atoms with Gasteiger partial charge in [-0.25, -0.2) is 4.79 Å². The Morgan fingerprint density at radius 3 is 2.59 bits per heavy atom. The second-order valence-corrected chi connectivity index (χ2v) is 8.86. The molecular weight excluding hydrogens is 523 g/mol. The fourth-order valence-corrected chi connectivity index (χ4v) is 3.33. The first-order valence-corrected chi connectivity index (χ1v) is 11.4. The van der Waals surface area contributed by atoms with Crippen LogP contribution in [0.4, 0.5) is 4.79 Å². The third kappa shape index (κ3) is 11.3. The maximum Gasteiger partial charge on any atom is 0.407 e.